The summed E-state index contributed by atoms with van der Waals surface area (Å²) >= 11 is 0. The van der Waals surface area contributed by atoms with Crippen molar-refractivity contribution in [3.8, 4) is 0 Å². The quantitative estimate of drug-likeness (QED) is 0.807. The highest BCUT2D eigenvalue weighted by Crippen LogP contribution is 2.02. The Bertz CT molecular complexity index is 348. The minimum absolute atomic E-state index is 0.257. The van der Waals surface area contributed by atoms with Gasteiger partial charge in [0.25, 0.3) is 0 Å². The van der Waals surface area contributed by atoms with Crippen LogP contribution in [-0.2, 0) is 11.3 Å². The van der Waals surface area contributed by atoms with E-state index in [9.17, 15) is 4.79 Å². The van der Waals surface area contributed by atoms with E-state index in [1.807, 2.05) is 30.3 Å². The Kier molecular flexibility index (Phi) is 4.38. The Morgan fingerprint density at radius 1 is 1.41 bits per heavy atom. The molecular formula is C13H19N2O2+. The first-order valence-electron chi connectivity index (χ1n) is 6.13. The van der Waals surface area contributed by atoms with Crippen molar-refractivity contribution in [3.63, 3.8) is 0 Å². The molecule has 1 aliphatic rings. The van der Waals surface area contributed by atoms with Crippen LogP contribution in [0, 0.1) is 0 Å². The highest BCUT2D eigenvalue weighted by atomic mass is 16.5. The number of carbonyl (C=O) groups excluding carboxylic acids is 1. The molecule has 3 N–H and O–H groups in total. The van der Waals surface area contributed by atoms with Gasteiger partial charge in [-0.25, -0.2) is 4.79 Å². The van der Waals surface area contributed by atoms with Gasteiger partial charge in [-0.3, -0.25) is 0 Å². The van der Waals surface area contributed by atoms with Crippen molar-refractivity contribution in [2.45, 2.75) is 25.5 Å². The highest BCUT2D eigenvalue weighted by Gasteiger charge is 2.18. The fourth-order valence-corrected chi connectivity index (χ4v) is 2.01. The summed E-state index contributed by atoms with van der Waals surface area (Å²) in [6.07, 6.45) is 1.90. The van der Waals surface area contributed by atoms with Crippen molar-refractivity contribution in [1.82, 2.24) is 5.32 Å². The summed E-state index contributed by atoms with van der Waals surface area (Å²) in [6, 6.07) is 9.97. The van der Waals surface area contributed by atoms with Crippen LogP contribution in [0.15, 0.2) is 30.3 Å². The standard InChI is InChI=1S/C13H18N2O2/c16-13(15-12-7-4-8-14-9-12)17-10-11-5-2-1-3-6-11/h1-3,5-6,12,14H,4,7-10H2,(H,15,16)/p+1/t12-/m1/s1. The molecule has 0 bridgehead atoms. The molecule has 0 spiro atoms. The third kappa shape index (κ3) is 4.07. The molecule has 92 valence electrons. The average molecular weight is 235 g/mol. The van der Waals surface area contributed by atoms with Gasteiger partial charge in [0.05, 0.1) is 19.1 Å². The number of rotatable bonds is 3. The fraction of sp³-hybridized carbons (Fsp3) is 0.462. The Morgan fingerprint density at radius 2 is 2.24 bits per heavy atom. The molecule has 0 unspecified atom stereocenters. The summed E-state index contributed by atoms with van der Waals surface area (Å²) < 4.78 is 5.17. The molecule has 0 radical (unpaired) electrons. The van der Waals surface area contributed by atoms with Crippen LogP contribution in [0.1, 0.15) is 18.4 Å². The predicted molar refractivity (Wildman–Crippen MR) is 64.4 cm³/mol. The number of ether oxygens (including phenoxy) is 1. The number of alkyl carbamates (subject to hydrolysis) is 1. The van der Waals surface area contributed by atoms with Crippen LogP contribution < -0.4 is 10.6 Å². The van der Waals surface area contributed by atoms with Crippen molar-refractivity contribution in [2.75, 3.05) is 13.1 Å². The molecule has 0 aromatic heterocycles. The first-order chi connectivity index (χ1) is 8.34. The van der Waals surface area contributed by atoms with Gasteiger partial charge in [0, 0.05) is 0 Å². The zero-order valence-corrected chi connectivity index (χ0v) is 9.89. The molecule has 2 rings (SSSR count). The first kappa shape index (κ1) is 11.9. The van der Waals surface area contributed by atoms with Crippen LogP contribution in [0.4, 0.5) is 4.79 Å². The highest BCUT2D eigenvalue weighted by molar-refractivity contribution is 5.67. The molecule has 1 saturated heterocycles. The molecule has 0 saturated carbocycles. The van der Waals surface area contributed by atoms with E-state index in [-0.39, 0.29) is 12.1 Å². The first-order valence-corrected chi connectivity index (χ1v) is 6.13. The van der Waals surface area contributed by atoms with Crippen molar-refractivity contribution in [2.24, 2.45) is 0 Å². The van der Waals surface area contributed by atoms with Crippen LogP contribution >= 0.6 is 0 Å². The number of quaternary nitrogens is 1. The average Bonchev–Trinajstić information content (AvgIpc) is 2.39. The van der Waals surface area contributed by atoms with Crippen LogP contribution in [0.25, 0.3) is 0 Å². The monoisotopic (exact) mass is 235 g/mol. The number of carbonyl (C=O) groups is 1. The van der Waals surface area contributed by atoms with E-state index in [4.69, 9.17) is 4.74 Å². The van der Waals surface area contributed by atoms with Crippen molar-refractivity contribution >= 4 is 6.09 Å². The predicted octanol–water partition coefficient (Wildman–Crippen LogP) is 0.639. The lowest BCUT2D eigenvalue weighted by molar-refractivity contribution is -0.664. The maximum Gasteiger partial charge on any atom is 0.407 e. The molecule has 1 aromatic carbocycles. The minimum Gasteiger partial charge on any atom is -0.445 e. The van der Waals surface area contributed by atoms with E-state index in [2.05, 4.69) is 10.6 Å². The largest absolute Gasteiger partial charge is 0.445 e. The number of hydrogen-bond acceptors (Lipinski definition) is 2. The van der Waals surface area contributed by atoms with Crippen LogP contribution in [-0.4, -0.2) is 25.2 Å². The van der Waals surface area contributed by atoms with Crippen molar-refractivity contribution < 1.29 is 14.8 Å². The van der Waals surface area contributed by atoms with Gasteiger partial charge in [-0.05, 0) is 18.4 Å². The van der Waals surface area contributed by atoms with Gasteiger partial charge < -0.3 is 15.4 Å². The second-order valence-electron chi connectivity index (χ2n) is 4.36. The molecule has 17 heavy (non-hydrogen) atoms. The lowest BCUT2D eigenvalue weighted by Crippen LogP contribution is -2.89. The van der Waals surface area contributed by atoms with Gasteiger partial charge in [0.2, 0.25) is 0 Å². The molecule has 0 aliphatic carbocycles. The number of benzene rings is 1. The summed E-state index contributed by atoms with van der Waals surface area (Å²) in [7, 11) is 0. The third-order valence-electron chi connectivity index (χ3n) is 2.95. The van der Waals surface area contributed by atoms with E-state index in [1.165, 1.54) is 0 Å². The molecular weight excluding hydrogens is 216 g/mol. The summed E-state index contributed by atoms with van der Waals surface area (Å²) in [6.45, 7) is 2.46. The van der Waals surface area contributed by atoms with Gasteiger partial charge in [-0.1, -0.05) is 30.3 Å². The number of nitrogens with one attached hydrogen (secondary N) is 1. The summed E-state index contributed by atoms with van der Waals surface area (Å²) in [5.74, 6) is 0. The van der Waals surface area contributed by atoms with Crippen molar-refractivity contribution in [1.29, 1.82) is 0 Å². The van der Waals surface area contributed by atoms with E-state index in [0.717, 1.165) is 31.5 Å². The second kappa shape index (κ2) is 6.25. The van der Waals surface area contributed by atoms with Gasteiger partial charge in [0.1, 0.15) is 6.61 Å². The van der Waals surface area contributed by atoms with Gasteiger partial charge in [-0.2, -0.15) is 0 Å². The molecule has 1 aromatic rings. The molecule has 4 nitrogen and oxygen atoms in total. The summed E-state index contributed by atoms with van der Waals surface area (Å²) in [5, 5.41) is 5.12. The maximum absolute atomic E-state index is 11.5. The Hall–Kier alpha value is -1.55. The number of nitrogens with two attached hydrogens (primary N) is 1. The molecule has 1 amide bonds. The smallest absolute Gasteiger partial charge is 0.407 e. The fourth-order valence-electron chi connectivity index (χ4n) is 2.01. The zero-order chi connectivity index (χ0) is 11.9. The minimum atomic E-state index is -0.311. The number of piperidine rings is 1. The Balaban J connectivity index is 1.70. The topological polar surface area (TPSA) is 54.9 Å². The normalized spacial score (nSPS) is 19.6. The van der Waals surface area contributed by atoms with Crippen LogP contribution in [0.2, 0.25) is 0 Å². The molecule has 4 heteroatoms. The van der Waals surface area contributed by atoms with Gasteiger partial charge >= 0.3 is 6.09 Å². The Labute approximate surface area is 101 Å². The Morgan fingerprint density at radius 3 is 2.94 bits per heavy atom. The molecule has 1 heterocycles. The number of hydrogen-bond donors (Lipinski definition) is 2. The summed E-state index contributed by atoms with van der Waals surface area (Å²) in [5.41, 5.74) is 1.01. The lowest BCUT2D eigenvalue weighted by Gasteiger charge is -2.20. The van der Waals surface area contributed by atoms with E-state index in [0.29, 0.717) is 6.61 Å². The van der Waals surface area contributed by atoms with Crippen LogP contribution in [0.3, 0.4) is 0 Å². The summed E-state index contributed by atoms with van der Waals surface area (Å²) in [4.78, 5) is 11.5. The molecule has 1 atom stereocenters. The van der Waals surface area contributed by atoms with E-state index < -0.39 is 0 Å². The lowest BCUT2D eigenvalue weighted by atomic mass is 10.1. The van der Waals surface area contributed by atoms with Gasteiger partial charge in [0.15, 0.2) is 0 Å². The van der Waals surface area contributed by atoms with E-state index >= 15 is 0 Å². The van der Waals surface area contributed by atoms with E-state index in [1.54, 1.807) is 0 Å². The second-order valence-corrected chi connectivity index (χ2v) is 4.36. The molecule has 1 fully saturated rings. The zero-order valence-electron chi connectivity index (χ0n) is 9.89. The van der Waals surface area contributed by atoms with Gasteiger partial charge in [-0.15, -0.1) is 0 Å². The van der Waals surface area contributed by atoms with Crippen LogP contribution in [0.5, 0.6) is 0 Å². The SMILES string of the molecule is O=C(N[C@@H]1CCC[NH2+]C1)OCc1ccccc1. The number of amides is 1. The van der Waals surface area contributed by atoms with Crippen molar-refractivity contribution in [3.05, 3.63) is 35.9 Å². The third-order valence-corrected chi connectivity index (χ3v) is 2.95. The molecule has 1 aliphatic heterocycles. The maximum atomic E-state index is 11.5.